The van der Waals surface area contributed by atoms with Crippen LogP contribution in [0.1, 0.15) is 19.4 Å². The van der Waals surface area contributed by atoms with Gasteiger partial charge in [-0.25, -0.2) is 0 Å². The Hall–Kier alpha value is -1.84. The van der Waals surface area contributed by atoms with Crippen LogP contribution in [0.5, 0.6) is 0 Å². The quantitative estimate of drug-likeness (QED) is 0.884. The highest BCUT2D eigenvalue weighted by molar-refractivity contribution is 5.94. The van der Waals surface area contributed by atoms with Gasteiger partial charge in [0.2, 0.25) is 11.8 Å². The lowest BCUT2D eigenvalue weighted by Gasteiger charge is -2.37. The first-order valence-corrected chi connectivity index (χ1v) is 6.70. The maximum Gasteiger partial charge on any atom is 0.243 e. The van der Waals surface area contributed by atoms with Gasteiger partial charge < -0.3 is 10.2 Å². The summed E-state index contributed by atoms with van der Waals surface area (Å²) in [5.41, 5.74) is 1.18. The van der Waals surface area contributed by atoms with E-state index in [9.17, 15) is 9.59 Å². The molecular formula is C15H20N2O2. The largest absolute Gasteiger partial charge is 0.345 e. The molecule has 19 heavy (non-hydrogen) atoms. The Morgan fingerprint density at radius 2 is 1.95 bits per heavy atom. The van der Waals surface area contributed by atoms with E-state index in [1.165, 1.54) is 5.56 Å². The van der Waals surface area contributed by atoms with Gasteiger partial charge in [-0.15, -0.1) is 0 Å². The van der Waals surface area contributed by atoms with Gasteiger partial charge in [0.25, 0.3) is 0 Å². The number of nitrogens with zero attached hydrogens (tertiary/aromatic N) is 1. The molecule has 4 heteroatoms. The number of hydrogen-bond donors (Lipinski definition) is 1. The Morgan fingerprint density at radius 3 is 2.58 bits per heavy atom. The number of hydrogen-bond acceptors (Lipinski definition) is 2. The normalized spacial score (nSPS) is 19.7. The molecule has 1 aliphatic heterocycles. The van der Waals surface area contributed by atoms with E-state index in [1.807, 2.05) is 44.2 Å². The van der Waals surface area contributed by atoms with Gasteiger partial charge in [0.1, 0.15) is 6.04 Å². The lowest BCUT2D eigenvalue weighted by molar-refractivity contribution is -0.147. The van der Waals surface area contributed by atoms with Crippen molar-refractivity contribution in [2.24, 2.45) is 5.92 Å². The molecule has 1 heterocycles. The van der Waals surface area contributed by atoms with Crippen molar-refractivity contribution in [3.8, 4) is 0 Å². The molecule has 1 aromatic carbocycles. The molecule has 0 aliphatic carbocycles. The zero-order chi connectivity index (χ0) is 13.8. The van der Waals surface area contributed by atoms with E-state index >= 15 is 0 Å². The van der Waals surface area contributed by atoms with Crippen LogP contribution >= 0.6 is 0 Å². The highest BCUT2D eigenvalue weighted by Gasteiger charge is 2.35. The monoisotopic (exact) mass is 260 g/mol. The smallest absolute Gasteiger partial charge is 0.243 e. The Labute approximate surface area is 113 Å². The summed E-state index contributed by atoms with van der Waals surface area (Å²) in [4.78, 5) is 25.6. The van der Waals surface area contributed by atoms with Gasteiger partial charge in [-0.05, 0) is 17.9 Å². The van der Waals surface area contributed by atoms with Crippen LogP contribution in [0.2, 0.25) is 0 Å². The zero-order valence-electron chi connectivity index (χ0n) is 11.4. The van der Waals surface area contributed by atoms with Crippen molar-refractivity contribution in [2.75, 3.05) is 13.1 Å². The number of rotatable bonds is 4. The van der Waals surface area contributed by atoms with E-state index < -0.39 is 0 Å². The summed E-state index contributed by atoms with van der Waals surface area (Å²) in [5.74, 6) is 0.0944. The van der Waals surface area contributed by atoms with E-state index in [1.54, 1.807) is 4.90 Å². The molecule has 1 N–H and O–H groups in total. The maximum absolute atomic E-state index is 12.0. The van der Waals surface area contributed by atoms with Crippen LogP contribution in [0, 0.1) is 5.92 Å². The molecule has 4 nitrogen and oxygen atoms in total. The van der Waals surface area contributed by atoms with Crippen LogP contribution in [-0.2, 0) is 16.0 Å². The Bertz CT molecular complexity index is 456. The van der Waals surface area contributed by atoms with Crippen molar-refractivity contribution in [2.45, 2.75) is 26.3 Å². The number of benzene rings is 1. The van der Waals surface area contributed by atoms with Gasteiger partial charge in [-0.1, -0.05) is 44.2 Å². The topological polar surface area (TPSA) is 49.4 Å². The van der Waals surface area contributed by atoms with Gasteiger partial charge in [-0.2, -0.15) is 0 Å². The molecule has 0 saturated carbocycles. The minimum Gasteiger partial charge on any atom is -0.345 e. The minimum atomic E-state index is -0.343. The van der Waals surface area contributed by atoms with Crippen molar-refractivity contribution in [1.29, 1.82) is 0 Å². The average Bonchev–Trinajstić information content (AvgIpc) is 2.40. The van der Waals surface area contributed by atoms with Gasteiger partial charge in [0.05, 0.1) is 6.54 Å². The summed E-state index contributed by atoms with van der Waals surface area (Å²) < 4.78 is 0. The third-order valence-corrected chi connectivity index (χ3v) is 3.45. The molecule has 102 valence electrons. The summed E-state index contributed by atoms with van der Waals surface area (Å²) in [6, 6.07) is 9.68. The highest BCUT2D eigenvalue weighted by Crippen LogP contribution is 2.15. The molecule has 1 fully saturated rings. The summed E-state index contributed by atoms with van der Waals surface area (Å²) in [5, 5.41) is 2.66. The van der Waals surface area contributed by atoms with E-state index in [0.29, 0.717) is 6.54 Å². The zero-order valence-corrected chi connectivity index (χ0v) is 11.4. The van der Waals surface area contributed by atoms with E-state index in [4.69, 9.17) is 0 Å². The second-order valence-corrected chi connectivity index (χ2v) is 5.23. The van der Waals surface area contributed by atoms with Gasteiger partial charge in [0.15, 0.2) is 0 Å². The van der Waals surface area contributed by atoms with Gasteiger partial charge in [0, 0.05) is 6.54 Å². The molecule has 1 atom stereocenters. The summed E-state index contributed by atoms with van der Waals surface area (Å²) >= 11 is 0. The predicted molar refractivity (Wildman–Crippen MR) is 73.5 cm³/mol. The third kappa shape index (κ3) is 3.13. The maximum atomic E-state index is 12.0. The third-order valence-electron chi connectivity index (χ3n) is 3.45. The first-order chi connectivity index (χ1) is 9.09. The van der Waals surface area contributed by atoms with Crippen molar-refractivity contribution in [3.63, 3.8) is 0 Å². The van der Waals surface area contributed by atoms with Crippen LogP contribution in [0.15, 0.2) is 30.3 Å². The fourth-order valence-corrected chi connectivity index (χ4v) is 2.49. The van der Waals surface area contributed by atoms with Crippen molar-refractivity contribution in [1.82, 2.24) is 10.2 Å². The average molecular weight is 260 g/mol. The molecule has 0 radical (unpaired) electrons. The first-order valence-electron chi connectivity index (χ1n) is 6.70. The summed E-state index contributed by atoms with van der Waals surface area (Å²) in [6.07, 6.45) is 0.781. The van der Waals surface area contributed by atoms with Gasteiger partial charge >= 0.3 is 0 Å². The molecule has 1 aromatic rings. The molecule has 1 aliphatic rings. The molecule has 1 saturated heterocycles. The lowest BCUT2D eigenvalue weighted by Crippen LogP contribution is -2.60. The molecule has 2 amide bonds. The molecule has 0 bridgehead atoms. The molecule has 2 rings (SSSR count). The second-order valence-electron chi connectivity index (χ2n) is 5.23. The molecule has 1 unspecified atom stereocenters. The van der Waals surface area contributed by atoms with E-state index in [2.05, 4.69) is 5.32 Å². The molecular weight excluding hydrogens is 240 g/mol. The predicted octanol–water partition coefficient (Wildman–Crippen LogP) is 1.21. The Balaban J connectivity index is 2.06. The fraction of sp³-hybridized carbons (Fsp3) is 0.467. The summed E-state index contributed by atoms with van der Waals surface area (Å²) in [7, 11) is 0. The van der Waals surface area contributed by atoms with Crippen LogP contribution in [0.3, 0.4) is 0 Å². The fourth-order valence-electron chi connectivity index (χ4n) is 2.49. The number of carbonyl (C=O) groups is 2. The van der Waals surface area contributed by atoms with E-state index in [0.717, 1.165) is 6.42 Å². The van der Waals surface area contributed by atoms with E-state index in [-0.39, 0.29) is 30.3 Å². The summed E-state index contributed by atoms with van der Waals surface area (Å²) in [6.45, 7) is 4.66. The number of nitrogens with one attached hydrogen (secondary N) is 1. The molecule has 0 aromatic heterocycles. The Morgan fingerprint density at radius 1 is 1.26 bits per heavy atom. The van der Waals surface area contributed by atoms with Crippen molar-refractivity contribution >= 4 is 11.8 Å². The van der Waals surface area contributed by atoms with Gasteiger partial charge in [-0.3, -0.25) is 9.59 Å². The van der Waals surface area contributed by atoms with Crippen LogP contribution in [-0.4, -0.2) is 35.8 Å². The Kier molecular flexibility index (Phi) is 4.20. The second kappa shape index (κ2) is 5.87. The lowest BCUT2D eigenvalue weighted by atomic mass is 9.98. The van der Waals surface area contributed by atoms with Crippen LogP contribution < -0.4 is 5.32 Å². The van der Waals surface area contributed by atoms with Crippen molar-refractivity contribution < 1.29 is 9.59 Å². The van der Waals surface area contributed by atoms with Crippen LogP contribution in [0.25, 0.3) is 0 Å². The highest BCUT2D eigenvalue weighted by atomic mass is 16.2. The first kappa shape index (κ1) is 13.6. The SMILES string of the molecule is CC(C)C1C(=O)NCC(=O)N1CCc1ccccc1. The minimum absolute atomic E-state index is 0.00855. The number of amides is 2. The van der Waals surface area contributed by atoms with Crippen molar-refractivity contribution in [3.05, 3.63) is 35.9 Å². The standard InChI is InChI=1S/C15H20N2O2/c1-11(2)14-15(19)16-10-13(18)17(14)9-8-12-6-4-3-5-7-12/h3-7,11,14H,8-10H2,1-2H3,(H,16,19). The van der Waals surface area contributed by atoms with Crippen LogP contribution in [0.4, 0.5) is 0 Å². The number of carbonyl (C=O) groups excluding carboxylic acids is 2. The number of piperazine rings is 1. The molecule has 0 spiro atoms.